The van der Waals surface area contributed by atoms with Gasteiger partial charge in [0, 0.05) is 37.2 Å². The molecule has 2 N–H and O–H groups in total. The molecule has 0 radical (unpaired) electrons. The number of hydrogen-bond acceptors (Lipinski definition) is 4. The van der Waals surface area contributed by atoms with Crippen LogP contribution in [0.1, 0.15) is 34.6 Å². The molecule has 0 saturated carbocycles. The highest BCUT2D eigenvalue weighted by atomic mass is 19.4. The number of carbonyl (C=O) groups excluding carboxylic acids is 2. The Labute approximate surface area is 199 Å². The molecular formula is C25H24F3N5O2. The number of fused-ring (bicyclic) bond motifs is 1. The Morgan fingerprint density at radius 1 is 1.14 bits per heavy atom. The summed E-state index contributed by atoms with van der Waals surface area (Å²) in [6.45, 7) is 3.63. The van der Waals surface area contributed by atoms with E-state index in [1.54, 1.807) is 47.9 Å². The molecular weight excluding hydrogens is 459 g/mol. The van der Waals surface area contributed by atoms with Gasteiger partial charge in [-0.25, -0.2) is 4.98 Å². The molecule has 3 aromatic rings. The van der Waals surface area contributed by atoms with E-state index in [1.807, 2.05) is 13.0 Å². The maximum atomic E-state index is 13.1. The monoisotopic (exact) mass is 483 g/mol. The Balaban J connectivity index is 1.50. The maximum Gasteiger partial charge on any atom is 0.417 e. The molecule has 0 fully saturated rings. The van der Waals surface area contributed by atoms with Crippen molar-refractivity contribution in [1.29, 1.82) is 0 Å². The molecule has 0 unspecified atom stereocenters. The summed E-state index contributed by atoms with van der Waals surface area (Å²) in [5, 5.41) is 5.64. The van der Waals surface area contributed by atoms with Gasteiger partial charge in [-0.3, -0.25) is 14.0 Å². The first-order chi connectivity index (χ1) is 16.5. The van der Waals surface area contributed by atoms with E-state index in [1.165, 1.54) is 18.1 Å². The predicted molar refractivity (Wildman–Crippen MR) is 126 cm³/mol. The van der Waals surface area contributed by atoms with Gasteiger partial charge in [-0.1, -0.05) is 18.2 Å². The molecule has 3 heterocycles. The fraction of sp³-hybridized carbons (Fsp3) is 0.240. The van der Waals surface area contributed by atoms with Crippen molar-refractivity contribution in [3.8, 4) is 0 Å². The second kappa shape index (κ2) is 9.28. The highest BCUT2D eigenvalue weighted by Crippen LogP contribution is 2.30. The first-order valence-corrected chi connectivity index (χ1v) is 10.9. The summed E-state index contributed by atoms with van der Waals surface area (Å²) in [4.78, 5) is 31.2. The summed E-state index contributed by atoms with van der Waals surface area (Å²) in [5.41, 5.74) is 2.21. The molecule has 4 rings (SSSR count). The van der Waals surface area contributed by atoms with Gasteiger partial charge in [0.05, 0.1) is 17.8 Å². The molecule has 1 aliphatic heterocycles. The zero-order valence-corrected chi connectivity index (χ0v) is 19.3. The minimum Gasteiger partial charge on any atom is -0.375 e. The summed E-state index contributed by atoms with van der Waals surface area (Å²) in [6, 6.07) is 10.3. The zero-order chi connectivity index (χ0) is 25.3. The van der Waals surface area contributed by atoms with Crippen LogP contribution in [0.4, 0.5) is 18.9 Å². The molecule has 2 amide bonds. The van der Waals surface area contributed by atoms with Crippen LogP contribution in [-0.4, -0.2) is 45.9 Å². The molecule has 1 aromatic carbocycles. The molecule has 0 spiro atoms. The Morgan fingerprint density at radius 3 is 2.66 bits per heavy atom. The van der Waals surface area contributed by atoms with Crippen molar-refractivity contribution in [3.05, 3.63) is 89.0 Å². The third-order valence-corrected chi connectivity index (χ3v) is 5.74. The summed E-state index contributed by atoms with van der Waals surface area (Å²) < 4.78 is 41.1. The molecule has 2 aromatic heterocycles. The lowest BCUT2D eigenvalue weighted by Crippen LogP contribution is -2.34. The van der Waals surface area contributed by atoms with Gasteiger partial charge in [0.1, 0.15) is 11.3 Å². The second-order valence-electron chi connectivity index (χ2n) is 8.46. The third kappa shape index (κ3) is 5.21. The van der Waals surface area contributed by atoms with E-state index in [0.29, 0.717) is 22.6 Å². The summed E-state index contributed by atoms with van der Waals surface area (Å²) in [7, 11) is 1.48. The van der Waals surface area contributed by atoms with E-state index in [0.717, 1.165) is 17.8 Å². The van der Waals surface area contributed by atoms with E-state index >= 15 is 0 Å². The lowest BCUT2D eigenvalue weighted by atomic mass is 10.0. The topological polar surface area (TPSA) is 78.7 Å². The molecule has 35 heavy (non-hydrogen) atoms. The van der Waals surface area contributed by atoms with Crippen molar-refractivity contribution in [2.24, 2.45) is 0 Å². The number of pyridine rings is 1. The number of likely N-dealkylation sites (N-methyl/N-ethyl adjacent to an activating group) is 1. The molecule has 182 valence electrons. The Kier molecular flexibility index (Phi) is 6.38. The van der Waals surface area contributed by atoms with Crippen LogP contribution in [-0.2, 0) is 4.79 Å². The number of allylic oxidation sites excluding steroid dienone is 2. The Hall–Kier alpha value is -4.08. The van der Waals surface area contributed by atoms with Crippen LogP contribution in [0.25, 0.3) is 5.65 Å². The van der Waals surface area contributed by atoms with Crippen molar-refractivity contribution in [2.75, 3.05) is 18.9 Å². The zero-order valence-electron chi connectivity index (χ0n) is 19.3. The predicted octanol–water partition coefficient (Wildman–Crippen LogP) is 4.39. The smallest absolute Gasteiger partial charge is 0.375 e. The number of aryl methyl sites for hydroxylation is 1. The molecule has 7 nitrogen and oxygen atoms in total. The number of halogens is 3. The van der Waals surface area contributed by atoms with Crippen LogP contribution in [0.3, 0.4) is 0 Å². The normalized spacial score (nSPS) is 14.9. The number of imidazole rings is 1. The summed E-state index contributed by atoms with van der Waals surface area (Å²) in [5.74, 6) is -0.932. The molecule has 1 aliphatic rings. The average Bonchev–Trinajstić information content (AvgIpc) is 3.23. The molecule has 10 heteroatoms. The van der Waals surface area contributed by atoms with Crippen LogP contribution in [0.2, 0.25) is 0 Å². The number of nitrogens with one attached hydrogen (secondary N) is 2. The summed E-state index contributed by atoms with van der Waals surface area (Å²) in [6.07, 6.45) is 0.536. The number of benzene rings is 1. The van der Waals surface area contributed by atoms with Gasteiger partial charge in [0.15, 0.2) is 0 Å². The van der Waals surface area contributed by atoms with Crippen molar-refractivity contribution >= 4 is 23.1 Å². The highest BCUT2D eigenvalue weighted by Gasteiger charge is 2.35. The van der Waals surface area contributed by atoms with Crippen LogP contribution in [0.5, 0.6) is 0 Å². The maximum absolute atomic E-state index is 13.1. The molecule has 0 aliphatic carbocycles. The minimum absolute atomic E-state index is 0.0161. The van der Waals surface area contributed by atoms with Gasteiger partial charge in [-0.15, -0.1) is 0 Å². The fourth-order valence-corrected chi connectivity index (χ4v) is 3.82. The summed E-state index contributed by atoms with van der Waals surface area (Å²) >= 11 is 0. The number of aromatic nitrogens is 2. The first-order valence-electron chi connectivity index (χ1n) is 10.9. The third-order valence-electron chi connectivity index (χ3n) is 5.74. The van der Waals surface area contributed by atoms with Crippen molar-refractivity contribution in [2.45, 2.75) is 26.1 Å². The second-order valence-corrected chi connectivity index (χ2v) is 8.46. The van der Waals surface area contributed by atoms with E-state index in [-0.39, 0.29) is 18.0 Å². The minimum atomic E-state index is -4.54. The van der Waals surface area contributed by atoms with Gasteiger partial charge >= 0.3 is 6.18 Å². The van der Waals surface area contributed by atoms with Gasteiger partial charge in [0.2, 0.25) is 5.91 Å². The number of amides is 2. The quantitative estimate of drug-likeness (QED) is 0.564. The van der Waals surface area contributed by atoms with E-state index in [2.05, 4.69) is 15.6 Å². The van der Waals surface area contributed by atoms with E-state index in [4.69, 9.17) is 0 Å². The van der Waals surface area contributed by atoms with Crippen LogP contribution >= 0.6 is 0 Å². The number of nitrogens with zero attached hydrogens (tertiary/aromatic N) is 3. The molecule has 0 saturated heterocycles. The number of hydrogen-bond donors (Lipinski definition) is 2. The molecule has 0 bridgehead atoms. The fourth-order valence-electron chi connectivity index (χ4n) is 3.82. The van der Waals surface area contributed by atoms with Gasteiger partial charge in [0.25, 0.3) is 5.91 Å². The number of rotatable bonds is 5. The lowest BCUT2D eigenvalue weighted by Gasteiger charge is -2.25. The van der Waals surface area contributed by atoms with Crippen LogP contribution in [0, 0.1) is 6.92 Å². The highest BCUT2D eigenvalue weighted by molar-refractivity contribution is 6.04. The number of carbonyl (C=O) groups is 2. The van der Waals surface area contributed by atoms with Gasteiger partial charge < -0.3 is 15.5 Å². The van der Waals surface area contributed by atoms with Gasteiger partial charge in [-0.05, 0) is 49.2 Å². The van der Waals surface area contributed by atoms with Gasteiger partial charge in [-0.2, -0.15) is 13.2 Å². The van der Waals surface area contributed by atoms with Crippen molar-refractivity contribution in [1.82, 2.24) is 19.6 Å². The van der Waals surface area contributed by atoms with Crippen LogP contribution in [0.15, 0.2) is 72.2 Å². The van der Waals surface area contributed by atoms with E-state index in [9.17, 15) is 22.8 Å². The SMILES string of the molecule is Cc1ccc([C@H](C)NC(=O)C2=CC(C(F)(F)F)=CN(C)C2)cc1NC(=O)c1cnc2ccccn12. The molecule has 1 atom stereocenters. The number of alkyl halides is 3. The lowest BCUT2D eigenvalue weighted by molar-refractivity contribution is -0.118. The largest absolute Gasteiger partial charge is 0.417 e. The standard InChI is InChI=1S/C25H24F3N5O2/c1-15-7-8-17(11-20(15)31-24(35)21-12-29-22-6-4-5-9-33(21)22)16(2)30-23(34)18-10-19(25(26,27)28)14-32(3)13-18/h4-12,14,16H,13H2,1-3H3,(H,30,34)(H,31,35)/t16-/m0/s1. The van der Waals surface area contributed by atoms with E-state index < -0.39 is 23.7 Å². The van der Waals surface area contributed by atoms with Crippen LogP contribution < -0.4 is 10.6 Å². The van der Waals surface area contributed by atoms with Crippen molar-refractivity contribution in [3.63, 3.8) is 0 Å². The first kappa shape index (κ1) is 24.1. The average molecular weight is 483 g/mol. The Morgan fingerprint density at radius 2 is 1.91 bits per heavy atom. The Bertz CT molecular complexity index is 1360. The van der Waals surface area contributed by atoms with Crippen molar-refractivity contribution < 1.29 is 22.8 Å². The number of anilines is 1.